The predicted octanol–water partition coefficient (Wildman–Crippen LogP) is 3.47. The second kappa shape index (κ2) is 7.53. The molecule has 1 aliphatic rings. The van der Waals surface area contributed by atoms with Crippen molar-refractivity contribution >= 4 is 29.2 Å². The SMILES string of the molecule is O=C(Nc1ccc(Cl)cc1)N1CCN(C(=O)c2cccc(F)c2)CC1. The van der Waals surface area contributed by atoms with Gasteiger partial charge in [0.2, 0.25) is 0 Å². The Balaban J connectivity index is 1.55. The second-order valence-electron chi connectivity index (χ2n) is 5.73. The van der Waals surface area contributed by atoms with Gasteiger partial charge in [0.05, 0.1) is 0 Å². The lowest BCUT2D eigenvalue weighted by Crippen LogP contribution is -2.51. The van der Waals surface area contributed by atoms with Gasteiger partial charge in [-0.15, -0.1) is 0 Å². The highest BCUT2D eigenvalue weighted by molar-refractivity contribution is 6.30. The van der Waals surface area contributed by atoms with Crippen LogP contribution in [0.25, 0.3) is 0 Å². The maximum Gasteiger partial charge on any atom is 0.321 e. The summed E-state index contributed by atoms with van der Waals surface area (Å²) >= 11 is 5.82. The van der Waals surface area contributed by atoms with Crippen LogP contribution in [0.3, 0.4) is 0 Å². The second-order valence-corrected chi connectivity index (χ2v) is 6.16. The molecule has 0 unspecified atom stereocenters. The lowest BCUT2D eigenvalue weighted by Gasteiger charge is -2.34. The molecule has 2 aromatic rings. The largest absolute Gasteiger partial charge is 0.335 e. The number of nitrogens with zero attached hydrogens (tertiary/aromatic N) is 2. The lowest BCUT2D eigenvalue weighted by atomic mass is 10.2. The van der Waals surface area contributed by atoms with Crippen LogP contribution in [0.2, 0.25) is 5.02 Å². The summed E-state index contributed by atoms with van der Waals surface area (Å²) in [5, 5.41) is 3.40. The fraction of sp³-hybridized carbons (Fsp3) is 0.222. The van der Waals surface area contributed by atoms with Gasteiger partial charge in [-0.3, -0.25) is 4.79 Å². The number of halogens is 2. The molecule has 0 aromatic heterocycles. The molecule has 1 aliphatic heterocycles. The number of carbonyl (C=O) groups is 2. The Morgan fingerprint density at radius 3 is 2.24 bits per heavy atom. The van der Waals surface area contributed by atoms with Crippen LogP contribution in [0.1, 0.15) is 10.4 Å². The number of amides is 3. The van der Waals surface area contributed by atoms with Crippen LogP contribution < -0.4 is 5.32 Å². The molecule has 1 saturated heterocycles. The summed E-state index contributed by atoms with van der Waals surface area (Å²) in [4.78, 5) is 27.9. The van der Waals surface area contributed by atoms with Gasteiger partial charge in [0.15, 0.2) is 0 Å². The molecular formula is C18H17ClFN3O2. The molecule has 1 heterocycles. The normalized spacial score (nSPS) is 14.3. The van der Waals surface area contributed by atoms with Gasteiger partial charge in [0.25, 0.3) is 5.91 Å². The van der Waals surface area contributed by atoms with Crippen molar-refractivity contribution in [3.8, 4) is 0 Å². The highest BCUT2D eigenvalue weighted by Gasteiger charge is 2.25. The molecule has 0 radical (unpaired) electrons. The van der Waals surface area contributed by atoms with E-state index in [4.69, 9.17) is 11.6 Å². The van der Waals surface area contributed by atoms with E-state index in [-0.39, 0.29) is 11.9 Å². The Kier molecular flexibility index (Phi) is 5.19. The molecule has 7 heteroatoms. The number of hydrogen-bond donors (Lipinski definition) is 1. The molecule has 1 fully saturated rings. The number of benzene rings is 2. The van der Waals surface area contributed by atoms with Gasteiger partial charge >= 0.3 is 6.03 Å². The van der Waals surface area contributed by atoms with Crippen LogP contribution in [0.4, 0.5) is 14.9 Å². The van der Waals surface area contributed by atoms with Crippen LogP contribution in [-0.2, 0) is 0 Å². The van der Waals surface area contributed by atoms with Crippen molar-refractivity contribution in [2.45, 2.75) is 0 Å². The van der Waals surface area contributed by atoms with Gasteiger partial charge in [-0.25, -0.2) is 9.18 Å². The van der Waals surface area contributed by atoms with Gasteiger partial charge in [-0.2, -0.15) is 0 Å². The molecule has 0 saturated carbocycles. The first-order chi connectivity index (χ1) is 12.0. The zero-order valence-electron chi connectivity index (χ0n) is 13.4. The number of carbonyl (C=O) groups excluding carboxylic acids is 2. The molecule has 3 rings (SSSR count). The first-order valence-electron chi connectivity index (χ1n) is 7.89. The van der Waals surface area contributed by atoms with Gasteiger partial charge in [-0.05, 0) is 42.5 Å². The van der Waals surface area contributed by atoms with Crippen molar-refractivity contribution < 1.29 is 14.0 Å². The fourth-order valence-electron chi connectivity index (χ4n) is 2.65. The van der Waals surface area contributed by atoms with Gasteiger partial charge in [0, 0.05) is 42.5 Å². The number of nitrogens with one attached hydrogen (secondary N) is 1. The summed E-state index contributed by atoms with van der Waals surface area (Å²) in [5.41, 5.74) is 0.978. The lowest BCUT2D eigenvalue weighted by molar-refractivity contribution is 0.0671. The van der Waals surface area contributed by atoms with E-state index in [1.165, 1.54) is 18.2 Å². The molecule has 0 aliphatic carbocycles. The topological polar surface area (TPSA) is 52.7 Å². The molecule has 5 nitrogen and oxygen atoms in total. The number of urea groups is 1. The van der Waals surface area contributed by atoms with E-state index in [1.807, 2.05) is 0 Å². The summed E-state index contributed by atoms with van der Waals surface area (Å²) in [7, 11) is 0. The third-order valence-electron chi connectivity index (χ3n) is 4.02. The Bertz CT molecular complexity index is 774. The molecule has 3 amide bonds. The molecule has 1 N–H and O–H groups in total. The van der Waals surface area contributed by atoms with Gasteiger partial charge < -0.3 is 15.1 Å². The Hall–Kier alpha value is -2.60. The van der Waals surface area contributed by atoms with Crippen molar-refractivity contribution in [3.05, 3.63) is 64.9 Å². The Morgan fingerprint density at radius 1 is 0.960 bits per heavy atom. The zero-order chi connectivity index (χ0) is 17.8. The fourth-order valence-corrected chi connectivity index (χ4v) is 2.78. The van der Waals surface area contributed by atoms with Crippen molar-refractivity contribution in [1.82, 2.24) is 9.80 Å². The maximum absolute atomic E-state index is 13.3. The van der Waals surface area contributed by atoms with Crippen LogP contribution >= 0.6 is 11.6 Å². The maximum atomic E-state index is 13.3. The average molecular weight is 362 g/mol. The molecule has 2 aromatic carbocycles. The third-order valence-corrected chi connectivity index (χ3v) is 4.27. The summed E-state index contributed by atoms with van der Waals surface area (Å²) in [6.07, 6.45) is 0. The summed E-state index contributed by atoms with van der Waals surface area (Å²) in [6, 6.07) is 12.3. The Labute approximate surface area is 150 Å². The number of anilines is 1. The average Bonchev–Trinajstić information content (AvgIpc) is 2.63. The monoisotopic (exact) mass is 361 g/mol. The third kappa shape index (κ3) is 4.28. The quantitative estimate of drug-likeness (QED) is 0.890. The van der Waals surface area contributed by atoms with Crippen molar-refractivity contribution in [1.29, 1.82) is 0 Å². The van der Waals surface area contributed by atoms with Crippen LogP contribution in [0, 0.1) is 5.82 Å². The van der Waals surface area contributed by atoms with Crippen LogP contribution in [0.15, 0.2) is 48.5 Å². The molecular weight excluding hydrogens is 345 g/mol. The summed E-state index contributed by atoms with van der Waals surface area (Å²) in [5.74, 6) is -0.663. The highest BCUT2D eigenvalue weighted by atomic mass is 35.5. The van der Waals surface area contributed by atoms with E-state index >= 15 is 0 Å². The minimum Gasteiger partial charge on any atom is -0.335 e. The number of hydrogen-bond acceptors (Lipinski definition) is 2. The van der Waals surface area contributed by atoms with Gasteiger partial charge in [-0.1, -0.05) is 17.7 Å². The molecule has 0 bridgehead atoms. The van der Waals surface area contributed by atoms with E-state index in [0.29, 0.717) is 42.5 Å². The van der Waals surface area contributed by atoms with Gasteiger partial charge in [0.1, 0.15) is 5.82 Å². The van der Waals surface area contributed by atoms with Crippen molar-refractivity contribution in [2.24, 2.45) is 0 Å². The first kappa shape index (κ1) is 17.2. The molecule has 0 spiro atoms. The standard InChI is InChI=1S/C18H17ClFN3O2/c19-14-4-6-16(7-5-14)21-18(25)23-10-8-22(9-11-23)17(24)13-2-1-3-15(20)12-13/h1-7,12H,8-11H2,(H,21,25). The van der Waals surface area contributed by atoms with E-state index in [1.54, 1.807) is 40.1 Å². The molecule has 0 atom stereocenters. The minimum absolute atomic E-state index is 0.222. The zero-order valence-corrected chi connectivity index (χ0v) is 14.2. The van der Waals surface area contributed by atoms with Crippen LogP contribution in [0.5, 0.6) is 0 Å². The number of rotatable bonds is 2. The Morgan fingerprint density at radius 2 is 1.60 bits per heavy atom. The van der Waals surface area contributed by atoms with E-state index in [9.17, 15) is 14.0 Å². The smallest absolute Gasteiger partial charge is 0.321 e. The summed E-state index contributed by atoms with van der Waals surface area (Å²) in [6.45, 7) is 1.65. The van der Waals surface area contributed by atoms with E-state index < -0.39 is 5.82 Å². The van der Waals surface area contributed by atoms with Crippen LogP contribution in [-0.4, -0.2) is 47.9 Å². The van der Waals surface area contributed by atoms with E-state index in [0.717, 1.165) is 0 Å². The minimum atomic E-state index is -0.438. The first-order valence-corrected chi connectivity index (χ1v) is 8.27. The predicted molar refractivity (Wildman–Crippen MR) is 94.3 cm³/mol. The number of piperazine rings is 1. The van der Waals surface area contributed by atoms with E-state index in [2.05, 4.69) is 5.32 Å². The summed E-state index contributed by atoms with van der Waals surface area (Å²) < 4.78 is 13.3. The van der Waals surface area contributed by atoms with Crippen molar-refractivity contribution in [3.63, 3.8) is 0 Å². The van der Waals surface area contributed by atoms with Crippen molar-refractivity contribution in [2.75, 3.05) is 31.5 Å². The molecule has 25 heavy (non-hydrogen) atoms. The highest BCUT2D eigenvalue weighted by Crippen LogP contribution is 2.15. The molecule has 130 valence electrons.